The van der Waals surface area contributed by atoms with Crippen LogP contribution in [0.25, 0.3) is 11.4 Å². The molecule has 0 atom stereocenters. The lowest BCUT2D eigenvalue weighted by atomic mass is 10.2. The summed E-state index contributed by atoms with van der Waals surface area (Å²) in [5.74, 6) is 0. The molecule has 0 amide bonds. The van der Waals surface area contributed by atoms with Crippen LogP contribution in [0.4, 0.5) is 5.69 Å². The highest BCUT2D eigenvalue weighted by molar-refractivity contribution is 5.71. The minimum Gasteiger partial charge on any atom is -0.306 e. The smallest absolute Gasteiger partial charge is 0.136 e. The summed E-state index contributed by atoms with van der Waals surface area (Å²) in [7, 11) is 0. The fourth-order valence-corrected chi connectivity index (χ4v) is 1.64. The third kappa shape index (κ3) is 1.40. The number of rotatable bonds is 2. The minimum absolute atomic E-state index is 0.788. The Hall–Kier alpha value is -2.37. The zero-order chi connectivity index (χ0) is 10.8. The molecule has 0 fully saturated rings. The van der Waals surface area contributed by atoms with Crippen molar-refractivity contribution in [2.45, 2.75) is 0 Å². The topological polar surface area (TPSA) is 69.7 Å². The van der Waals surface area contributed by atoms with Crippen molar-refractivity contribution in [3.63, 3.8) is 0 Å². The number of nitrogens with zero attached hydrogens (tertiary/aromatic N) is 4. The number of aromatic amines is 1. The number of hydrazine groups is 1. The fraction of sp³-hybridized carbons (Fsp3) is 0.100. The van der Waals surface area contributed by atoms with E-state index in [-0.39, 0.29) is 0 Å². The van der Waals surface area contributed by atoms with E-state index in [1.807, 2.05) is 29.4 Å². The SMILES string of the molecule is C1=CNN(c2ccnnc2-c2ccn[nH]2)C1. The van der Waals surface area contributed by atoms with Gasteiger partial charge in [0, 0.05) is 12.4 Å². The lowest BCUT2D eigenvalue weighted by molar-refractivity contribution is 0.830. The Balaban J connectivity index is 2.04. The van der Waals surface area contributed by atoms with Crippen molar-refractivity contribution in [2.75, 3.05) is 11.6 Å². The lowest BCUT2D eigenvalue weighted by Gasteiger charge is -2.19. The Morgan fingerprint density at radius 3 is 3.00 bits per heavy atom. The Labute approximate surface area is 92.0 Å². The second-order valence-electron chi connectivity index (χ2n) is 3.38. The molecule has 3 rings (SSSR count). The molecule has 2 aromatic heterocycles. The van der Waals surface area contributed by atoms with Gasteiger partial charge in [-0.05, 0) is 18.2 Å². The largest absolute Gasteiger partial charge is 0.306 e. The summed E-state index contributed by atoms with van der Waals surface area (Å²) in [6, 6.07) is 3.79. The summed E-state index contributed by atoms with van der Waals surface area (Å²) < 4.78 is 0. The molecule has 1 aliphatic heterocycles. The first kappa shape index (κ1) is 8.90. The van der Waals surface area contributed by atoms with Gasteiger partial charge in [-0.1, -0.05) is 0 Å². The van der Waals surface area contributed by atoms with Gasteiger partial charge in [0.1, 0.15) is 5.69 Å². The van der Waals surface area contributed by atoms with E-state index >= 15 is 0 Å². The molecule has 3 heterocycles. The number of hydrogen-bond acceptors (Lipinski definition) is 5. The summed E-state index contributed by atoms with van der Waals surface area (Å²) in [6.07, 6.45) is 7.31. The molecule has 0 unspecified atom stereocenters. The van der Waals surface area contributed by atoms with E-state index in [1.165, 1.54) is 0 Å². The average Bonchev–Trinajstić information content (AvgIpc) is 3.03. The van der Waals surface area contributed by atoms with E-state index < -0.39 is 0 Å². The number of H-pyrrole nitrogens is 1. The third-order valence-corrected chi connectivity index (χ3v) is 2.38. The predicted octanol–water partition coefficient (Wildman–Crippen LogP) is 0.705. The van der Waals surface area contributed by atoms with Gasteiger partial charge < -0.3 is 5.43 Å². The van der Waals surface area contributed by atoms with E-state index in [1.54, 1.807) is 12.4 Å². The van der Waals surface area contributed by atoms with Crippen LogP contribution in [0.5, 0.6) is 0 Å². The zero-order valence-electron chi connectivity index (χ0n) is 8.46. The number of anilines is 1. The minimum atomic E-state index is 0.788. The van der Waals surface area contributed by atoms with Crippen molar-refractivity contribution in [1.29, 1.82) is 0 Å². The molecular weight excluding hydrogens is 204 g/mol. The van der Waals surface area contributed by atoms with Gasteiger partial charge in [0.15, 0.2) is 0 Å². The van der Waals surface area contributed by atoms with Gasteiger partial charge in [0.2, 0.25) is 0 Å². The van der Waals surface area contributed by atoms with E-state index in [2.05, 4.69) is 25.8 Å². The molecule has 0 aromatic carbocycles. The highest BCUT2D eigenvalue weighted by atomic mass is 15.5. The maximum absolute atomic E-state index is 4.14. The molecule has 0 bridgehead atoms. The van der Waals surface area contributed by atoms with Gasteiger partial charge in [-0.3, -0.25) is 10.1 Å². The normalized spacial score (nSPS) is 14.1. The molecule has 1 aliphatic rings. The van der Waals surface area contributed by atoms with Crippen molar-refractivity contribution in [1.82, 2.24) is 25.8 Å². The molecule has 6 heteroatoms. The Morgan fingerprint density at radius 1 is 1.25 bits per heavy atom. The highest BCUT2D eigenvalue weighted by Gasteiger charge is 2.15. The maximum Gasteiger partial charge on any atom is 0.136 e. The average molecular weight is 214 g/mol. The van der Waals surface area contributed by atoms with Gasteiger partial charge in [-0.2, -0.15) is 10.2 Å². The van der Waals surface area contributed by atoms with Crippen LogP contribution in [-0.4, -0.2) is 26.9 Å². The summed E-state index contributed by atoms with van der Waals surface area (Å²) in [6.45, 7) is 0.812. The molecule has 16 heavy (non-hydrogen) atoms. The first-order chi connectivity index (χ1) is 7.95. The number of hydrogen-bond donors (Lipinski definition) is 2. The van der Waals surface area contributed by atoms with E-state index in [9.17, 15) is 0 Å². The summed E-state index contributed by atoms with van der Waals surface area (Å²) in [5.41, 5.74) is 5.75. The van der Waals surface area contributed by atoms with Crippen molar-refractivity contribution in [2.24, 2.45) is 0 Å². The van der Waals surface area contributed by atoms with Crippen LogP contribution >= 0.6 is 0 Å². The van der Waals surface area contributed by atoms with Gasteiger partial charge in [-0.25, -0.2) is 0 Å². The van der Waals surface area contributed by atoms with Crippen molar-refractivity contribution in [3.8, 4) is 11.4 Å². The standard InChI is InChI=1S/C10H10N6/c1-4-13-16(7-1)9-3-6-12-15-10(9)8-2-5-11-14-8/h1-6,13H,7H2,(H,11,14). The molecule has 2 aromatic rings. The molecule has 0 saturated carbocycles. The van der Waals surface area contributed by atoms with Crippen LogP contribution in [0.1, 0.15) is 0 Å². The van der Waals surface area contributed by atoms with E-state index in [0.29, 0.717) is 0 Å². The summed E-state index contributed by atoms with van der Waals surface area (Å²) in [4.78, 5) is 0. The van der Waals surface area contributed by atoms with Crippen LogP contribution < -0.4 is 10.4 Å². The van der Waals surface area contributed by atoms with Crippen LogP contribution in [0.3, 0.4) is 0 Å². The molecule has 0 radical (unpaired) electrons. The summed E-state index contributed by atoms with van der Waals surface area (Å²) in [5, 5.41) is 16.8. The van der Waals surface area contributed by atoms with Crippen LogP contribution in [0.2, 0.25) is 0 Å². The Morgan fingerprint density at radius 2 is 2.25 bits per heavy atom. The van der Waals surface area contributed by atoms with Crippen LogP contribution in [0, 0.1) is 0 Å². The van der Waals surface area contributed by atoms with Crippen molar-refractivity contribution in [3.05, 3.63) is 36.8 Å². The summed E-state index contributed by atoms with van der Waals surface area (Å²) >= 11 is 0. The van der Waals surface area contributed by atoms with Gasteiger partial charge in [0.25, 0.3) is 0 Å². The maximum atomic E-state index is 4.14. The monoisotopic (exact) mass is 214 g/mol. The van der Waals surface area contributed by atoms with Crippen LogP contribution in [-0.2, 0) is 0 Å². The van der Waals surface area contributed by atoms with Gasteiger partial charge >= 0.3 is 0 Å². The van der Waals surface area contributed by atoms with E-state index in [4.69, 9.17) is 0 Å². The molecule has 0 aliphatic carbocycles. The first-order valence-electron chi connectivity index (χ1n) is 4.95. The lowest BCUT2D eigenvalue weighted by Crippen LogP contribution is -2.30. The molecular formula is C10H10N6. The molecule has 2 N–H and O–H groups in total. The fourth-order valence-electron chi connectivity index (χ4n) is 1.64. The van der Waals surface area contributed by atoms with Crippen LogP contribution in [0.15, 0.2) is 36.8 Å². The highest BCUT2D eigenvalue weighted by Crippen LogP contribution is 2.25. The Bertz CT molecular complexity index is 496. The second kappa shape index (κ2) is 3.65. The number of nitrogens with one attached hydrogen (secondary N) is 2. The second-order valence-corrected chi connectivity index (χ2v) is 3.38. The zero-order valence-corrected chi connectivity index (χ0v) is 8.46. The molecule has 80 valence electrons. The number of aromatic nitrogens is 4. The Kier molecular flexibility index (Phi) is 2.03. The first-order valence-corrected chi connectivity index (χ1v) is 4.95. The molecule has 0 spiro atoms. The molecule has 0 saturated heterocycles. The third-order valence-electron chi connectivity index (χ3n) is 2.38. The van der Waals surface area contributed by atoms with E-state index in [0.717, 1.165) is 23.6 Å². The quantitative estimate of drug-likeness (QED) is 0.770. The van der Waals surface area contributed by atoms with Crippen molar-refractivity contribution < 1.29 is 0 Å². The van der Waals surface area contributed by atoms with Gasteiger partial charge in [-0.15, -0.1) is 5.10 Å². The predicted molar refractivity (Wildman–Crippen MR) is 59.2 cm³/mol. The van der Waals surface area contributed by atoms with Gasteiger partial charge in [0.05, 0.1) is 24.1 Å². The molecule has 6 nitrogen and oxygen atoms in total. The van der Waals surface area contributed by atoms with Crippen molar-refractivity contribution >= 4 is 5.69 Å².